The second-order valence-electron chi connectivity index (χ2n) is 2.21. The third-order valence-corrected chi connectivity index (χ3v) is 2.69. The predicted octanol–water partition coefficient (Wildman–Crippen LogP) is 1.21. The zero-order valence-corrected chi connectivity index (χ0v) is 8.60. The molecule has 0 aliphatic rings. The van der Waals surface area contributed by atoms with E-state index in [1.807, 2.05) is 14.1 Å². The predicted molar refractivity (Wildman–Crippen MR) is 55.1 cm³/mol. The molecule has 0 fully saturated rings. The van der Waals surface area contributed by atoms with Crippen molar-refractivity contribution >= 4 is 28.9 Å². The van der Waals surface area contributed by atoms with Crippen molar-refractivity contribution in [3.05, 3.63) is 0 Å². The van der Waals surface area contributed by atoms with Crippen LogP contribution in [0.1, 0.15) is 6.42 Å². The minimum absolute atomic E-state index is 0.222. The van der Waals surface area contributed by atoms with Crippen molar-refractivity contribution in [3.63, 3.8) is 0 Å². The Hall–Kier alpha value is 0.130. The van der Waals surface area contributed by atoms with E-state index in [1.54, 1.807) is 11.9 Å². The van der Waals surface area contributed by atoms with Crippen LogP contribution in [0.25, 0.3) is 0 Å². The molecule has 0 aliphatic heterocycles. The molecule has 3 N–H and O–H groups in total. The molecule has 0 saturated heterocycles. The number of amidine groups is 1. The summed E-state index contributed by atoms with van der Waals surface area (Å²) >= 11 is 3.20. The number of rotatable bonds is 5. The van der Waals surface area contributed by atoms with Crippen LogP contribution in [0.15, 0.2) is 0 Å². The average molecular weight is 193 g/mol. The van der Waals surface area contributed by atoms with Gasteiger partial charge in [-0.3, -0.25) is 9.71 Å². The summed E-state index contributed by atoms with van der Waals surface area (Å²) in [5.41, 5.74) is 5.16. The summed E-state index contributed by atoms with van der Waals surface area (Å²) < 4.78 is 2.08. The van der Waals surface area contributed by atoms with E-state index in [2.05, 4.69) is 4.31 Å². The van der Waals surface area contributed by atoms with Crippen LogP contribution in [0.3, 0.4) is 0 Å². The van der Waals surface area contributed by atoms with Crippen molar-refractivity contribution in [2.24, 2.45) is 5.73 Å². The van der Waals surface area contributed by atoms with Gasteiger partial charge < -0.3 is 5.73 Å². The van der Waals surface area contributed by atoms with Gasteiger partial charge in [-0.1, -0.05) is 23.7 Å². The van der Waals surface area contributed by atoms with Gasteiger partial charge in [-0.15, -0.1) is 0 Å². The molecule has 0 aromatic heterocycles. The van der Waals surface area contributed by atoms with Crippen LogP contribution in [-0.4, -0.2) is 35.1 Å². The third-order valence-electron chi connectivity index (χ3n) is 0.896. The van der Waals surface area contributed by atoms with E-state index in [4.69, 9.17) is 11.1 Å². The monoisotopic (exact) mass is 193 g/mol. The highest BCUT2D eigenvalue weighted by molar-refractivity contribution is 8.13. The van der Waals surface area contributed by atoms with Crippen molar-refractivity contribution in [2.45, 2.75) is 6.42 Å². The van der Waals surface area contributed by atoms with Crippen LogP contribution in [0.5, 0.6) is 0 Å². The fourth-order valence-electron chi connectivity index (χ4n) is 0.488. The first-order chi connectivity index (χ1) is 5.13. The Kier molecular flexibility index (Phi) is 6.90. The van der Waals surface area contributed by atoms with Gasteiger partial charge in [0.15, 0.2) is 5.17 Å². The van der Waals surface area contributed by atoms with Crippen LogP contribution >= 0.6 is 23.7 Å². The number of thioether (sulfide) groups is 1. The molecule has 0 unspecified atom stereocenters. The maximum absolute atomic E-state index is 6.94. The van der Waals surface area contributed by atoms with Crippen LogP contribution in [0, 0.1) is 5.41 Å². The van der Waals surface area contributed by atoms with Crippen molar-refractivity contribution in [1.82, 2.24) is 4.31 Å². The fourth-order valence-corrected chi connectivity index (χ4v) is 1.82. The lowest BCUT2D eigenvalue weighted by molar-refractivity contribution is 0.701. The maximum atomic E-state index is 6.94. The highest BCUT2D eigenvalue weighted by atomic mass is 32.2. The van der Waals surface area contributed by atoms with Crippen molar-refractivity contribution in [3.8, 4) is 0 Å². The van der Waals surface area contributed by atoms with Gasteiger partial charge in [-0.2, -0.15) is 0 Å². The summed E-state index contributed by atoms with van der Waals surface area (Å²) in [5.74, 6) is 2.06. The largest absolute Gasteiger partial charge is 0.379 e. The molecule has 0 spiro atoms. The molecule has 0 aromatic rings. The molecule has 66 valence electrons. The smallest absolute Gasteiger partial charge is 0.151 e. The fraction of sp³-hybridized carbons (Fsp3) is 0.833. The van der Waals surface area contributed by atoms with Crippen LogP contribution in [0.4, 0.5) is 0 Å². The lowest BCUT2D eigenvalue weighted by atomic mass is 10.6. The molecule has 3 nitrogen and oxygen atoms in total. The second-order valence-corrected chi connectivity index (χ2v) is 4.75. The van der Waals surface area contributed by atoms with E-state index >= 15 is 0 Å². The standard InChI is InChI=1S/C6H15N3S2/c1-9(2)11-5-3-4-10-6(7)8/h3-5H2,1-2H3,(H3,7,8). The first-order valence-corrected chi connectivity index (χ1v) is 5.33. The van der Waals surface area contributed by atoms with Crippen molar-refractivity contribution < 1.29 is 0 Å². The summed E-state index contributed by atoms with van der Waals surface area (Å²) in [4.78, 5) is 0. The molecule has 0 saturated carbocycles. The molecule has 5 heteroatoms. The SMILES string of the molecule is CN(C)SCCCSC(=N)N. The molecule has 0 bridgehead atoms. The Balaban J connectivity index is 2.97. The van der Waals surface area contributed by atoms with E-state index < -0.39 is 0 Å². The van der Waals surface area contributed by atoms with E-state index in [0.717, 1.165) is 17.9 Å². The Labute approximate surface area is 76.7 Å². The highest BCUT2D eigenvalue weighted by Crippen LogP contribution is 2.08. The minimum atomic E-state index is 0.222. The lowest BCUT2D eigenvalue weighted by Gasteiger charge is -2.06. The summed E-state index contributed by atoms with van der Waals surface area (Å²) in [6.07, 6.45) is 1.10. The molecule has 0 atom stereocenters. The van der Waals surface area contributed by atoms with Gasteiger partial charge in [0.05, 0.1) is 0 Å². The van der Waals surface area contributed by atoms with E-state index in [9.17, 15) is 0 Å². The third kappa shape index (κ3) is 10.1. The maximum Gasteiger partial charge on any atom is 0.151 e. The number of hydrogen-bond acceptors (Lipinski definition) is 4. The number of nitrogens with zero attached hydrogens (tertiary/aromatic N) is 1. The van der Waals surface area contributed by atoms with E-state index in [-0.39, 0.29) is 5.17 Å². The van der Waals surface area contributed by atoms with Gasteiger partial charge in [0.1, 0.15) is 0 Å². The molecule has 11 heavy (non-hydrogen) atoms. The quantitative estimate of drug-likeness (QED) is 0.298. The molecule has 0 aromatic carbocycles. The van der Waals surface area contributed by atoms with Gasteiger partial charge in [0, 0.05) is 11.5 Å². The topological polar surface area (TPSA) is 53.1 Å². The van der Waals surface area contributed by atoms with E-state index in [1.165, 1.54) is 11.8 Å². The molecule has 0 aliphatic carbocycles. The highest BCUT2D eigenvalue weighted by Gasteiger charge is 1.93. The van der Waals surface area contributed by atoms with Crippen LogP contribution in [0.2, 0.25) is 0 Å². The number of hydrogen-bond donors (Lipinski definition) is 2. The van der Waals surface area contributed by atoms with Gasteiger partial charge in [0.2, 0.25) is 0 Å². The van der Waals surface area contributed by atoms with Crippen molar-refractivity contribution in [1.29, 1.82) is 5.41 Å². The molecule has 0 rings (SSSR count). The molecule has 0 radical (unpaired) electrons. The first-order valence-electron chi connectivity index (χ1n) is 3.40. The minimum Gasteiger partial charge on any atom is -0.379 e. The average Bonchev–Trinajstić information content (AvgIpc) is 1.85. The van der Waals surface area contributed by atoms with Crippen molar-refractivity contribution in [2.75, 3.05) is 25.6 Å². The molecule has 0 amide bonds. The van der Waals surface area contributed by atoms with Crippen LogP contribution < -0.4 is 5.73 Å². The Bertz CT molecular complexity index is 116. The van der Waals surface area contributed by atoms with E-state index in [0.29, 0.717) is 0 Å². The van der Waals surface area contributed by atoms with Gasteiger partial charge >= 0.3 is 0 Å². The zero-order valence-electron chi connectivity index (χ0n) is 6.96. The summed E-state index contributed by atoms with van der Waals surface area (Å²) in [6.45, 7) is 0. The summed E-state index contributed by atoms with van der Waals surface area (Å²) in [6, 6.07) is 0. The van der Waals surface area contributed by atoms with Crippen LogP contribution in [-0.2, 0) is 0 Å². The second kappa shape index (κ2) is 6.82. The first kappa shape index (κ1) is 11.1. The zero-order chi connectivity index (χ0) is 8.69. The number of nitrogens with one attached hydrogen (secondary N) is 1. The lowest BCUT2D eigenvalue weighted by Crippen LogP contribution is -2.05. The summed E-state index contributed by atoms with van der Waals surface area (Å²) in [7, 11) is 4.06. The number of nitrogens with two attached hydrogens (primary N) is 1. The van der Waals surface area contributed by atoms with Gasteiger partial charge in [-0.05, 0) is 20.5 Å². The normalized spacial score (nSPS) is 10.5. The van der Waals surface area contributed by atoms with Gasteiger partial charge in [-0.25, -0.2) is 0 Å². The van der Waals surface area contributed by atoms with Gasteiger partial charge in [0.25, 0.3) is 0 Å². The summed E-state index contributed by atoms with van der Waals surface area (Å²) in [5, 5.41) is 7.16. The molecule has 0 heterocycles. The Morgan fingerprint density at radius 3 is 2.55 bits per heavy atom. The molecular formula is C6H15N3S2. The Morgan fingerprint density at radius 2 is 2.09 bits per heavy atom. The Morgan fingerprint density at radius 1 is 1.45 bits per heavy atom. The molecular weight excluding hydrogens is 178 g/mol.